The number of hydrogen-bond acceptors (Lipinski definition) is 5. The zero-order valence-electron chi connectivity index (χ0n) is 10.3. The minimum Gasteiger partial charge on any atom is -0.497 e. The van der Waals surface area contributed by atoms with Crippen LogP contribution >= 0.6 is 0 Å². The van der Waals surface area contributed by atoms with Gasteiger partial charge in [-0.05, 0) is 12.1 Å². The minimum atomic E-state index is 0.562. The van der Waals surface area contributed by atoms with Crippen LogP contribution in [-0.4, -0.2) is 30.2 Å². The first-order valence-corrected chi connectivity index (χ1v) is 5.73. The summed E-state index contributed by atoms with van der Waals surface area (Å²) in [6.45, 7) is 1.25. The molecule has 2 aromatic rings. The molecule has 0 saturated carbocycles. The number of hydrogen-bond donors (Lipinski definition) is 2. The van der Waals surface area contributed by atoms with E-state index in [1.54, 1.807) is 13.3 Å². The van der Waals surface area contributed by atoms with E-state index in [9.17, 15) is 0 Å². The van der Waals surface area contributed by atoms with Crippen LogP contribution in [0, 0.1) is 0 Å². The lowest BCUT2D eigenvalue weighted by Crippen LogP contribution is -2.14. The summed E-state index contributed by atoms with van der Waals surface area (Å²) in [5.74, 6) is 0.802. The second-order valence-corrected chi connectivity index (χ2v) is 3.73. The Bertz CT molecular complexity index is 516. The summed E-state index contributed by atoms with van der Waals surface area (Å²) >= 11 is 0. The summed E-state index contributed by atoms with van der Waals surface area (Å²) in [5.41, 5.74) is 8.19. The molecule has 1 aromatic carbocycles. The molecule has 0 saturated heterocycles. The second kappa shape index (κ2) is 5.97. The van der Waals surface area contributed by atoms with Crippen molar-refractivity contribution in [3.8, 4) is 17.0 Å². The lowest BCUT2D eigenvalue weighted by Gasteiger charge is -2.10. The molecule has 0 aliphatic heterocycles. The molecule has 0 spiro atoms. The van der Waals surface area contributed by atoms with Crippen molar-refractivity contribution < 1.29 is 4.74 Å². The van der Waals surface area contributed by atoms with Crippen LogP contribution in [0.25, 0.3) is 11.3 Å². The predicted molar refractivity (Wildman–Crippen MR) is 71.6 cm³/mol. The first-order chi connectivity index (χ1) is 8.85. The number of nitrogens with zero attached hydrogens (tertiary/aromatic N) is 2. The van der Waals surface area contributed by atoms with Gasteiger partial charge >= 0.3 is 0 Å². The maximum absolute atomic E-state index is 5.49. The van der Waals surface area contributed by atoms with E-state index in [4.69, 9.17) is 10.5 Å². The Balaban J connectivity index is 2.36. The smallest absolute Gasteiger partial charge is 0.119 e. The largest absolute Gasteiger partial charge is 0.497 e. The third kappa shape index (κ3) is 2.75. The molecule has 0 radical (unpaired) electrons. The number of rotatable bonds is 5. The Labute approximate surface area is 106 Å². The summed E-state index contributed by atoms with van der Waals surface area (Å²) in [6, 6.07) is 7.76. The van der Waals surface area contributed by atoms with Crippen molar-refractivity contribution in [1.82, 2.24) is 9.97 Å². The van der Waals surface area contributed by atoms with Crippen LogP contribution < -0.4 is 15.8 Å². The molecule has 1 aromatic heterocycles. The number of anilines is 1. The lowest BCUT2D eigenvalue weighted by molar-refractivity contribution is 0.415. The van der Waals surface area contributed by atoms with E-state index in [0.717, 1.165) is 22.7 Å². The fourth-order valence-corrected chi connectivity index (χ4v) is 1.67. The Morgan fingerprint density at radius 3 is 3.06 bits per heavy atom. The number of ether oxygens (including phenoxy) is 1. The standard InChI is InChI=1S/C13H16N4O/c1-18-11-4-2-3-10(7-11)13-12(16-6-5-14)8-15-9-17-13/h2-4,7-9,16H,5-6,14H2,1H3. The third-order valence-electron chi connectivity index (χ3n) is 2.52. The van der Waals surface area contributed by atoms with E-state index < -0.39 is 0 Å². The zero-order valence-corrected chi connectivity index (χ0v) is 10.3. The van der Waals surface area contributed by atoms with Gasteiger partial charge in [-0.15, -0.1) is 0 Å². The summed E-state index contributed by atoms with van der Waals surface area (Å²) < 4.78 is 5.21. The zero-order chi connectivity index (χ0) is 12.8. The molecule has 0 amide bonds. The normalized spacial score (nSPS) is 10.1. The van der Waals surface area contributed by atoms with Gasteiger partial charge in [-0.25, -0.2) is 9.97 Å². The first-order valence-electron chi connectivity index (χ1n) is 5.73. The van der Waals surface area contributed by atoms with Gasteiger partial charge in [0.05, 0.1) is 24.7 Å². The molecule has 18 heavy (non-hydrogen) atoms. The Kier molecular flexibility index (Phi) is 4.09. The van der Waals surface area contributed by atoms with E-state index in [1.807, 2.05) is 24.3 Å². The summed E-state index contributed by atoms with van der Waals surface area (Å²) in [7, 11) is 1.65. The number of nitrogens with one attached hydrogen (secondary N) is 1. The van der Waals surface area contributed by atoms with Crippen molar-refractivity contribution in [2.45, 2.75) is 0 Å². The summed E-state index contributed by atoms with van der Waals surface area (Å²) in [4.78, 5) is 8.33. The molecule has 5 heteroatoms. The maximum atomic E-state index is 5.49. The van der Waals surface area contributed by atoms with Gasteiger partial charge in [0.1, 0.15) is 12.1 Å². The number of benzene rings is 1. The fourth-order valence-electron chi connectivity index (χ4n) is 1.67. The average Bonchev–Trinajstić information content (AvgIpc) is 2.45. The quantitative estimate of drug-likeness (QED) is 0.834. The van der Waals surface area contributed by atoms with Crippen molar-refractivity contribution >= 4 is 5.69 Å². The van der Waals surface area contributed by atoms with Crippen LogP contribution in [0.4, 0.5) is 5.69 Å². The molecular weight excluding hydrogens is 228 g/mol. The fraction of sp³-hybridized carbons (Fsp3) is 0.231. The van der Waals surface area contributed by atoms with Crippen LogP contribution in [0.1, 0.15) is 0 Å². The summed E-state index contributed by atoms with van der Waals surface area (Å²) in [6.07, 6.45) is 3.28. The molecule has 2 rings (SSSR count). The minimum absolute atomic E-state index is 0.562. The lowest BCUT2D eigenvalue weighted by atomic mass is 10.1. The Hall–Kier alpha value is -2.14. The van der Waals surface area contributed by atoms with Crippen LogP contribution in [0.15, 0.2) is 36.8 Å². The number of aromatic nitrogens is 2. The monoisotopic (exact) mass is 244 g/mol. The topological polar surface area (TPSA) is 73.1 Å². The molecule has 0 unspecified atom stereocenters. The predicted octanol–water partition coefficient (Wildman–Crippen LogP) is 1.52. The van der Waals surface area contributed by atoms with Gasteiger partial charge in [-0.2, -0.15) is 0 Å². The number of methoxy groups -OCH3 is 1. The summed E-state index contributed by atoms with van der Waals surface area (Å²) in [5, 5.41) is 3.21. The van der Waals surface area contributed by atoms with Crippen molar-refractivity contribution in [3.63, 3.8) is 0 Å². The Morgan fingerprint density at radius 1 is 1.39 bits per heavy atom. The highest BCUT2D eigenvalue weighted by molar-refractivity contribution is 5.74. The highest BCUT2D eigenvalue weighted by atomic mass is 16.5. The molecule has 0 aliphatic carbocycles. The molecule has 0 bridgehead atoms. The molecular formula is C13H16N4O. The van der Waals surface area contributed by atoms with E-state index in [2.05, 4.69) is 15.3 Å². The molecule has 94 valence electrons. The molecule has 1 heterocycles. The van der Waals surface area contributed by atoms with Gasteiger partial charge in [0, 0.05) is 18.7 Å². The van der Waals surface area contributed by atoms with E-state index in [0.29, 0.717) is 13.1 Å². The van der Waals surface area contributed by atoms with Crippen LogP contribution in [0.5, 0.6) is 5.75 Å². The van der Waals surface area contributed by atoms with Crippen molar-refractivity contribution in [1.29, 1.82) is 0 Å². The van der Waals surface area contributed by atoms with Gasteiger partial charge in [-0.3, -0.25) is 0 Å². The van der Waals surface area contributed by atoms with Gasteiger partial charge in [-0.1, -0.05) is 12.1 Å². The highest BCUT2D eigenvalue weighted by Crippen LogP contribution is 2.27. The van der Waals surface area contributed by atoms with Crippen molar-refractivity contribution in [2.75, 3.05) is 25.5 Å². The van der Waals surface area contributed by atoms with Gasteiger partial charge in [0.25, 0.3) is 0 Å². The van der Waals surface area contributed by atoms with E-state index in [1.165, 1.54) is 6.33 Å². The SMILES string of the molecule is COc1cccc(-c2ncncc2NCCN)c1. The van der Waals surface area contributed by atoms with Crippen LogP contribution in [-0.2, 0) is 0 Å². The van der Waals surface area contributed by atoms with Gasteiger partial charge in [0.2, 0.25) is 0 Å². The number of nitrogens with two attached hydrogens (primary N) is 1. The highest BCUT2D eigenvalue weighted by Gasteiger charge is 2.07. The molecule has 3 N–H and O–H groups in total. The van der Waals surface area contributed by atoms with E-state index >= 15 is 0 Å². The van der Waals surface area contributed by atoms with Crippen molar-refractivity contribution in [2.24, 2.45) is 5.73 Å². The molecule has 0 aliphatic rings. The van der Waals surface area contributed by atoms with Crippen LogP contribution in [0.3, 0.4) is 0 Å². The van der Waals surface area contributed by atoms with Crippen molar-refractivity contribution in [3.05, 3.63) is 36.8 Å². The van der Waals surface area contributed by atoms with Gasteiger partial charge < -0.3 is 15.8 Å². The Morgan fingerprint density at radius 2 is 2.28 bits per heavy atom. The third-order valence-corrected chi connectivity index (χ3v) is 2.52. The van der Waals surface area contributed by atoms with Gasteiger partial charge in [0.15, 0.2) is 0 Å². The first kappa shape index (κ1) is 12.3. The average molecular weight is 244 g/mol. The van der Waals surface area contributed by atoms with Crippen LogP contribution in [0.2, 0.25) is 0 Å². The second-order valence-electron chi connectivity index (χ2n) is 3.73. The maximum Gasteiger partial charge on any atom is 0.119 e. The molecule has 0 atom stereocenters. The molecule has 5 nitrogen and oxygen atoms in total. The van der Waals surface area contributed by atoms with E-state index in [-0.39, 0.29) is 0 Å². The molecule has 0 fully saturated rings.